The van der Waals surface area contributed by atoms with Gasteiger partial charge in [0.2, 0.25) is 0 Å². The second-order valence-corrected chi connectivity index (χ2v) is 3.06. The van der Waals surface area contributed by atoms with Crippen molar-refractivity contribution < 1.29 is 4.79 Å². The number of carbonyl (C=O) groups is 1. The fourth-order valence-electron chi connectivity index (χ4n) is 1.35. The monoisotopic (exact) mass is 221 g/mol. The Hall–Kier alpha value is -1.32. The van der Waals surface area contributed by atoms with Gasteiger partial charge in [0.1, 0.15) is 0 Å². The first kappa shape index (κ1) is 12.7. The summed E-state index contributed by atoms with van der Waals surface area (Å²) in [6, 6.07) is 18.6. The molecule has 0 heterocycles. The molecular formula is C13H11MgNO. The molecule has 2 nitrogen and oxygen atoms in total. The molecule has 0 aliphatic heterocycles. The minimum absolute atomic E-state index is 0.0752. The number of carbonyl (C=O) groups excluding carboxylic acids is 1. The zero-order valence-electron chi connectivity index (χ0n) is 8.89. The van der Waals surface area contributed by atoms with Crippen LogP contribution in [0.15, 0.2) is 60.7 Å². The average molecular weight is 222 g/mol. The molecule has 2 rings (SSSR count). The van der Waals surface area contributed by atoms with Gasteiger partial charge in [0.25, 0.3) is 0 Å². The normalized spacial score (nSPS) is 8.88. The number of nitrogens with one attached hydrogen (secondary N) is 1. The summed E-state index contributed by atoms with van der Waals surface area (Å²) in [5.74, 6) is 0.0752. The van der Waals surface area contributed by atoms with E-state index in [0.29, 0.717) is 0 Å². The summed E-state index contributed by atoms with van der Waals surface area (Å²) in [4.78, 5) is 11.8. The topological polar surface area (TPSA) is 40.9 Å². The number of benzene rings is 2. The standard InChI is InChI=1S/C13H10O.Mg.HN/c14-13(11-7-3-1-4-8-11)12-9-5-2-6-10-12;;/h1-10H;;1H. The van der Waals surface area contributed by atoms with Crippen molar-refractivity contribution in [3.8, 4) is 0 Å². The van der Waals surface area contributed by atoms with Gasteiger partial charge in [-0.25, -0.2) is 0 Å². The van der Waals surface area contributed by atoms with Crippen LogP contribution in [-0.4, -0.2) is 27.3 Å². The van der Waals surface area contributed by atoms with Crippen molar-refractivity contribution in [2.45, 2.75) is 0 Å². The van der Waals surface area contributed by atoms with E-state index in [1.807, 2.05) is 60.7 Å². The molecule has 0 bridgehead atoms. The SMILES string of the molecule is O=C(c1ccccc1)c1ccccc1.[NH]=[Mg]. The Kier molecular flexibility index (Phi) is 5.60. The molecule has 0 aromatic heterocycles. The predicted octanol–water partition coefficient (Wildman–Crippen LogP) is 2.83. The van der Waals surface area contributed by atoms with Crippen molar-refractivity contribution in [3.63, 3.8) is 0 Å². The van der Waals surface area contributed by atoms with Gasteiger partial charge in [-0.1, -0.05) is 60.7 Å². The van der Waals surface area contributed by atoms with Crippen LogP contribution in [0, 0.1) is 3.67 Å². The maximum absolute atomic E-state index is 11.8. The average Bonchev–Trinajstić information content (AvgIpc) is 2.42. The summed E-state index contributed by atoms with van der Waals surface area (Å²) in [6.45, 7) is 0. The van der Waals surface area contributed by atoms with Crippen LogP contribution >= 0.6 is 0 Å². The van der Waals surface area contributed by atoms with E-state index in [2.05, 4.69) is 0 Å². The van der Waals surface area contributed by atoms with Gasteiger partial charge in [-0.2, -0.15) is 0 Å². The van der Waals surface area contributed by atoms with E-state index in [-0.39, 0.29) is 5.78 Å². The first-order chi connectivity index (χ1) is 7.88. The van der Waals surface area contributed by atoms with E-state index >= 15 is 0 Å². The van der Waals surface area contributed by atoms with Crippen molar-refractivity contribution in [3.05, 3.63) is 71.8 Å². The molecule has 0 aliphatic rings. The molecule has 0 atom stereocenters. The second-order valence-electron chi connectivity index (χ2n) is 3.06. The molecule has 16 heavy (non-hydrogen) atoms. The van der Waals surface area contributed by atoms with Gasteiger partial charge in [0, 0.05) is 11.1 Å². The zero-order chi connectivity index (χ0) is 11.8. The third-order valence-electron chi connectivity index (χ3n) is 2.07. The van der Waals surface area contributed by atoms with Crippen LogP contribution in [0.2, 0.25) is 0 Å². The van der Waals surface area contributed by atoms with Crippen LogP contribution in [0.25, 0.3) is 0 Å². The summed E-state index contributed by atoms with van der Waals surface area (Å²) >= 11 is 1.11. The van der Waals surface area contributed by atoms with Gasteiger partial charge in [0.05, 0.1) is 0 Å². The maximum atomic E-state index is 11.8. The Labute approximate surface area is 107 Å². The molecule has 0 aliphatic carbocycles. The van der Waals surface area contributed by atoms with Gasteiger partial charge < -0.3 is 0 Å². The van der Waals surface area contributed by atoms with Crippen LogP contribution in [0.1, 0.15) is 15.9 Å². The van der Waals surface area contributed by atoms with Crippen molar-refractivity contribution >= 4 is 27.3 Å². The quantitative estimate of drug-likeness (QED) is 0.615. The molecule has 0 fully saturated rings. The Morgan fingerprint density at radius 1 is 0.750 bits per heavy atom. The Morgan fingerprint density at radius 3 is 1.38 bits per heavy atom. The zero-order valence-corrected chi connectivity index (χ0v) is 10.3. The summed E-state index contributed by atoms with van der Waals surface area (Å²) in [5, 5.41) is 0. The molecule has 2 aromatic carbocycles. The van der Waals surface area contributed by atoms with E-state index < -0.39 is 0 Å². The van der Waals surface area contributed by atoms with Crippen LogP contribution in [0.3, 0.4) is 0 Å². The molecule has 0 unspecified atom stereocenters. The minimum atomic E-state index is 0.0752. The van der Waals surface area contributed by atoms with Crippen molar-refractivity contribution in [1.82, 2.24) is 0 Å². The molecule has 0 spiro atoms. The fraction of sp³-hybridized carbons (Fsp3) is 0. The number of hydrogen-bond acceptors (Lipinski definition) is 2. The fourth-order valence-corrected chi connectivity index (χ4v) is 1.35. The molecule has 2 aromatic rings. The van der Waals surface area contributed by atoms with E-state index in [0.717, 1.165) is 32.7 Å². The van der Waals surface area contributed by atoms with Gasteiger partial charge in [0.15, 0.2) is 5.78 Å². The molecule has 3 heteroatoms. The number of rotatable bonds is 2. The Morgan fingerprint density at radius 2 is 1.06 bits per heavy atom. The third kappa shape index (κ3) is 3.36. The number of ketones is 1. The van der Waals surface area contributed by atoms with Gasteiger partial charge in [-0.05, 0) is 0 Å². The van der Waals surface area contributed by atoms with Crippen LogP contribution in [0.5, 0.6) is 0 Å². The molecule has 0 saturated carbocycles. The van der Waals surface area contributed by atoms with Gasteiger partial charge in [-0.15, -0.1) is 0 Å². The molecule has 1 N–H and O–H groups in total. The van der Waals surface area contributed by atoms with E-state index in [1.165, 1.54) is 0 Å². The van der Waals surface area contributed by atoms with Gasteiger partial charge in [-0.3, -0.25) is 4.79 Å². The van der Waals surface area contributed by atoms with Crippen LogP contribution in [-0.2, 0) is 0 Å². The Bertz CT molecular complexity index is 401. The molecule has 0 saturated heterocycles. The molecule has 76 valence electrons. The Balaban J connectivity index is 0.000000606. The van der Waals surface area contributed by atoms with Crippen molar-refractivity contribution in [1.29, 1.82) is 3.67 Å². The van der Waals surface area contributed by atoms with E-state index in [1.54, 1.807) is 0 Å². The molecular weight excluding hydrogens is 210 g/mol. The van der Waals surface area contributed by atoms with E-state index in [4.69, 9.17) is 3.67 Å². The van der Waals surface area contributed by atoms with Crippen molar-refractivity contribution in [2.75, 3.05) is 0 Å². The summed E-state index contributed by atoms with van der Waals surface area (Å²) in [7, 11) is 0. The van der Waals surface area contributed by atoms with Crippen LogP contribution < -0.4 is 0 Å². The van der Waals surface area contributed by atoms with E-state index in [9.17, 15) is 4.79 Å². The summed E-state index contributed by atoms with van der Waals surface area (Å²) in [6.07, 6.45) is 0. The first-order valence-electron chi connectivity index (χ1n) is 4.88. The summed E-state index contributed by atoms with van der Waals surface area (Å²) in [5.41, 5.74) is 1.47. The third-order valence-corrected chi connectivity index (χ3v) is 2.07. The van der Waals surface area contributed by atoms with Crippen molar-refractivity contribution in [2.24, 2.45) is 0 Å². The second kappa shape index (κ2) is 7.03. The van der Waals surface area contributed by atoms with Gasteiger partial charge >= 0.3 is 25.2 Å². The molecule has 0 amide bonds. The summed E-state index contributed by atoms with van der Waals surface area (Å²) < 4.78 is 5.78. The predicted molar refractivity (Wildman–Crippen MR) is 64.8 cm³/mol. The number of hydrogen-bond donors (Lipinski definition) is 1. The molecule has 0 radical (unpaired) electrons. The van der Waals surface area contributed by atoms with Crippen LogP contribution in [0.4, 0.5) is 0 Å². The first-order valence-corrected chi connectivity index (χ1v) is 5.59.